The summed E-state index contributed by atoms with van der Waals surface area (Å²) in [5.41, 5.74) is 0.611. The first-order chi connectivity index (χ1) is 10.8. The van der Waals surface area contributed by atoms with E-state index in [4.69, 9.17) is 0 Å². The van der Waals surface area contributed by atoms with E-state index in [-0.39, 0.29) is 36.7 Å². The second-order valence-electron chi connectivity index (χ2n) is 5.16. The molecule has 9 heteroatoms. The Balaban J connectivity index is 2.15. The molecule has 1 saturated heterocycles. The molecule has 4 amide bonds. The average molecular weight is 339 g/mol. The number of carbonyl (C=O) groups excluding carboxylic acids is 3. The van der Waals surface area contributed by atoms with Gasteiger partial charge in [-0.15, -0.1) is 0 Å². The maximum absolute atomic E-state index is 12.2. The highest BCUT2D eigenvalue weighted by Gasteiger charge is 2.27. The zero-order chi connectivity index (χ0) is 17.0. The number of carbonyl (C=O) groups is 3. The van der Waals surface area contributed by atoms with E-state index >= 15 is 0 Å². The maximum atomic E-state index is 12.2. The fourth-order valence-electron chi connectivity index (χ4n) is 2.14. The van der Waals surface area contributed by atoms with Crippen molar-refractivity contribution in [1.29, 1.82) is 0 Å². The van der Waals surface area contributed by atoms with Gasteiger partial charge in [0.05, 0.1) is 17.0 Å². The monoisotopic (exact) mass is 339 g/mol. The third kappa shape index (κ3) is 4.52. The van der Waals surface area contributed by atoms with Crippen molar-refractivity contribution in [3.05, 3.63) is 29.8 Å². The molecule has 0 unspecified atom stereocenters. The minimum Gasteiger partial charge on any atom is -0.351 e. The number of hydrogen-bond donors (Lipinski definition) is 2. The summed E-state index contributed by atoms with van der Waals surface area (Å²) in [5, 5.41) is 4.71. The van der Waals surface area contributed by atoms with Gasteiger partial charge in [-0.05, 0) is 12.1 Å². The molecule has 1 aliphatic rings. The van der Waals surface area contributed by atoms with Crippen LogP contribution in [0.5, 0.6) is 0 Å². The van der Waals surface area contributed by atoms with Gasteiger partial charge in [-0.1, -0.05) is 12.1 Å². The number of sulfone groups is 1. The van der Waals surface area contributed by atoms with E-state index in [1.165, 1.54) is 11.0 Å². The van der Waals surface area contributed by atoms with Gasteiger partial charge in [0.15, 0.2) is 0 Å². The van der Waals surface area contributed by atoms with Crippen LogP contribution in [0.4, 0.5) is 10.5 Å². The molecule has 2 rings (SSSR count). The van der Waals surface area contributed by atoms with Crippen molar-refractivity contribution in [2.24, 2.45) is 0 Å². The summed E-state index contributed by atoms with van der Waals surface area (Å²) >= 11 is 0. The zero-order valence-electron chi connectivity index (χ0n) is 12.5. The molecule has 23 heavy (non-hydrogen) atoms. The first-order valence-corrected chi connectivity index (χ1v) is 9.00. The number of imide groups is 1. The molecule has 2 N–H and O–H groups in total. The van der Waals surface area contributed by atoms with Gasteiger partial charge in [-0.2, -0.15) is 0 Å². The molecule has 0 bridgehead atoms. The quantitative estimate of drug-likeness (QED) is 0.778. The Morgan fingerprint density at radius 2 is 2.00 bits per heavy atom. The molecule has 0 atom stereocenters. The lowest BCUT2D eigenvalue weighted by Crippen LogP contribution is -2.50. The number of hydrogen-bond acceptors (Lipinski definition) is 5. The number of nitrogens with zero attached hydrogens (tertiary/aromatic N) is 1. The van der Waals surface area contributed by atoms with E-state index < -0.39 is 21.8 Å². The van der Waals surface area contributed by atoms with Crippen LogP contribution in [0.3, 0.4) is 0 Å². The Bertz CT molecular complexity index is 745. The van der Waals surface area contributed by atoms with Crippen molar-refractivity contribution < 1.29 is 22.8 Å². The number of amides is 4. The van der Waals surface area contributed by atoms with Gasteiger partial charge in [0.1, 0.15) is 9.84 Å². The first kappa shape index (κ1) is 16.9. The highest BCUT2D eigenvalue weighted by molar-refractivity contribution is 7.90. The zero-order valence-corrected chi connectivity index (χ0v) is 13.4. The van der Waals surface area contributed by atoms with Crippen LogP contribution < -0.4 is 15.5 Å². The van der Waals surface area contributed by atoms with E-state index in [0.29, 0.717) is 5.69 Å². The molecule has 8 nitrogen and oxygen atoms in total. The Labute approximate surface area is 133 Å². The fourth-order valence-corrected chi connectivity index (χ4v) is 2.61. The molecule has 124 valence electrons. The van der Waals surface area contributed by atoms with Crippen LogP contribution in [0, 0.1) is 0 Å². The highest BCUT2D eigenvalue weighted by atomic mass is 32.2. The van der Waals surface area contributed by atoms with E-state index in [9.17, 15) is 22.8 Å². The lowest BCUT2D eigenvalue weighted by atomic mass is 10.1. The van der Waals surface area contributed by atoms with E-state index in [2.05, 4.69) is 10.6 Å². The molecular weight excluding hydrogens is 322 g/mol. The van der Waals surface area contributed by atoms with Crippen molar-refractivity contribution in [2.45, 2.75) is 6.42 Å². The molecule has 0 spiro atoms. The summed E-state index contributed by atoms with van der Waals surface area (Å²) in [4.78, 5) is 36.7. The number of anilines is 1. The smallest absolute Gasteiger partial charge is 0.328 e. The highest BCUT2D eigenvalue weighted by Crippen LogP contribution is 2.22. The minimum atomic E-state index is -3.17. The minimum absolute atomic E-state index is 0.0172. The average Bonchev–Trinajstić information content (AvgIpc) is 2.46. The SMILES string of the molecule is CS(=O)(=O)CCNC(=O)c1ccccc1N1CCC(=O)NC1=O. The van der Waals surface area contributed by atoms with Gasteiger partial charge in [0.2, 0.25) is 5.91 Å². The molecule has 0 saturated carbocycles. The predicted octanol–water partition coefficient (Wildman–Crippen LogP) is -0.0927. The second kappa shape index (κ2) is 6.78. The summed E-state index contributed by atoms with van der Waals surface area (Å²) in [6.45, 7) is 0.162. The standard InChI is InChI=1S/C14H17N3O5S/c1-23(21,22)9-7-15-13(19)10-4-2-3-5-11(10)17-8-6-12(18)16-14(17)20/h2-5H,6-9H2,1H3,(H,15,19)(H,16,18,20). The summed E-state index contributed by atoms with van der Waals surface area (Å²) in [5.74, 6) is -1.00. The maximum Gasteiger partial charge on any atom is 0.328 e. The lowest BCUT2D eigenvalue weighted by Gasteiger charge is -2.28. The van der Waals surface area contributed by atoms with E-state index in [0.717, 1.165) is 6.26 Å². The number of urea groups is 1. The van der Waals surface area contributed by atoms with Crippen LogP contribution in [0.2, 0.25) is 0 Å². The van der Waals surface area contributed by atoms with Gasteiger partial charge in [0, 0.05) is 25.8 Å². The molecule has 0 radical (unpaired) electrons. The summed E-state index contributed by atoms with van der Waals surface area (Å²) in [7, 11) is -3.17. The first-order valence-electron chi connectivity index (χ1n) is 6.94. The third-order valence-electron chi connectivity index (χ3n) is 3.25. The van der Waals surface area contributed by atoms with Crippen LogP contribution >= 0.6 is 0 Å². The molecule has 1 heterocycles. The van der Waals surface area contributed by atoms with Crippen molar-refractivity contribution in [1.82, 2.24) is 10.6 Å². The number of benzene rings is 1. The largest absolute Gasteiger partial charge is 0.351 e. The Hall–Kier alpha value is -2.42. The van der Waals surface area contributed by atoms with Crippen LogP contribution in [0.25, 0.3) is 0 Å². The van der Waals surface area contributed by atoms with Gasteiger partial charge in [0.25, 0.3) is 5.91 Å². The van der Waals surface area contributed by atoms with Crippen LogP contribution in [0.1, 0.15) is 16.8 Å². The molecule has 1 fully saturated rings. The molecule has 1 aromatic carbocycles. The van der Waals surface area contributed by atoms with Gasteiger partial charge >= 0.3 is 6.03 Å². The summed E-state index contributed by atoms with van der Waals surface area (Å²) in [6, 6.07) is 5.86. The second-order valence-corrected chi connectivity index (χ2v) is 7.42. The van der Waals surface area contributed by atoms with Crippen molar-refractivity contribution in [3.8, 4) is 0 Å². The Morgan fingerprint density at radius 1 is 1.30 bits per heavy atom. The van der Waals surface area contributed by atoms with Crippen molar-refractivity contribution in [2.75, 3.05) is 30.0 Å². The molecular formula is C14H17N3O5S. The normalized spacial score (nSPS) is 15.3. The summed E-state index contributed by atoms with van der Waals surface area (Å²) < 4.78 is 22.2. The molecule has 1 aromatic rings. The molecule has 0 aromatic heterocycles. The summed E-state index contributed by atoms with van der Waals surface area (Å²) in [6.07, 6.45) is 1.23. The van der Waals surface area contributed by atoms with Gasteiger partial charge < -0.3 is 5.32 Å². The van der Waals surface area contributed by atoms with Crippen LogP contribution in [-0.2, 0) is 14.6 Å². The molecule has 0 aliphatic carbocycles. The molecule has 1 aliphatic heterocycles. The lowest BCUT2D eigenvalue weighted by molar-refractivity contribution is -0.120. The Morgan fingerprint density at radius 3 is 2.65 bits per heavy atom. The van der Waals surface area contributed by atoms with Crippen LogP contribution in [-0.4, -0.2) is 51.4 Å². The topological polar surface area (TPSA) is 113 Å². The Kier molecular flexibility index (Phi) is 4.99. The number of rotatable bonds is 5. The van der Waals surface area contributed by atoms with E-state index in [1.807, 2.05) is 0 Å². The van der Waals surface area contributed by atoms with Gasteiger partial charge in [-0.3, -0.25) is 19.8 Å². The third-order valence-corrected chi connectivity index (χ3v) is 4.20. The van der Waals surface area contributed by atoms with Crippen molar-refractivity contribution >= 4 is 33.4 Å². The van der Waals surface area contributed by atoms with Gasteiger partial charge in [-0.25, -0.2) is 13.2 Å². The number of para-hydroxylation sites is 1. The van der Waals surface area contributed by atoms with E-state index in [1.54, 1.807) is 18.2 Å². The predicted molar refractivity (Wildman–Crippen MR) is 84.0 cm³/mol. The van der Waals surface area contributed by atoms with Crippen LogP contribution in [0.15, 0.2) is 24.3 Å². The van der Waals surface area contributed by atoms with Crippen molar-refractivity contribution in [3.63, 3.8) is 0 Å². The fraction of sp³-hybridized carbons (Fsp3) is 0.357. The number of nitrogens with one attached hydrogen (secondary N) is 2.